The van der Waals surface area contributed by atoms with Crippen LogP contribution in [0.15, 0.2) is 60.7 Å². The highest BCUT2D eigenvalue weighted by molar-refractivity contribution is 7.15. The zero-order valence-corrected chi connectivity index (χ0v) is 15.7. The van der Waals surface area contributed by atoms with Gasteiger partial charge in [0, 0.05) is 12.0 Å². The van der Waals surface area contributed by atoms with Crippen LogP contribution in [0.4, 0.5) is 5.13 Å². The summed E-state index contributed by atoms with van der Waals surface area (Å²) in [6.07, 6.45) is 2.75. The van der Waals surface area contributed by atoms with Crippen LogP contribution in [0, 0.1) is 5.92 Å². The lowest BCUT2D eigenvalue weighted by molar-refractivity contribution is -0.111. The standard InChI is InChI=1S/C21H21N3OS/c1-15(2)13-19-23-24-21(26-19)22-20(25)18(17-11-7-4-8-12-17)14-16-9-5-3-6-10-16/h3-12,14-15H,13H2,1-2H3,(H,22,24,25). The maximum Gasteiger partial charge on any atom is 0.258 e. The summed E-state index contributed by atoms with van der Waals surface area (Å²) in [5.74, 6) is 0.316. The summed E-state index contributed by atoms with van der Waals surface area (Å²) < 4.78 is 0. The molecule has 0 bridgehead atoms. The summed E-state index contributed by atoms with van der Waals surface area (Å²) in [7, 11) is 0. The van der Waals surface area contributed by atoms with E-state index in [2.05, 4.69) is 29.4 Å². The Morgan fingerprint density at radius 1 is 1.04 bits per heavy atom. The number of rotatable bonds is 6. The third kappa shape index (κ3) is 4.86. The van der Waals surface area contributed by atoms with E-state index in [1.54, 1.807) is 0 Å². The third-order valence-corrected chi connectivity index (χ3v) is 4.57. The normalized spacial score (nSPS) is 11.6. The second-order valence-electron chi connectivity index (χ2n) is 6.39. The van der Waals surface area contributed by atoms with Gasteiger partial charge in [-0.2, -0.15) is 0 Å². The predicted molar refractivity (Wildman–Crippen MR) is 108 cm³/mol. The molecule has 1 amide bonds. The molecule has 0 aliphatic carbocycles. The molecule has 132 valence electrons. The van der Waals surface area contributed by atoms with Gasteiger partial charge < -0.3 is 0 Å². The van der Waals surface area contributed by atoms with Gasteiger partial charge in [0.05, 0.1) is 0 Å². The van der Waals surface area contributed by atoms with Crippen LogP contribution in [-0.2, 0) is 11.2 Å². The molecule has 1 heterocycles. The van der Waals surface area contributed by atoms with E-state index in [0.717, 1.165) is 22.6 Å². The Bertz CT molecular complexity index is 886. The Kier molecular flexibility index (Phi) is 5.92. The number of benzene rings is 2. The van der Waals surface area contributed by atoms with Crippen molar-refractivity contribution in [1.82, 2.24) is 10.2 Å². The number of hydrogen-bond donors (Lipinski definition) is 1. The van der Waals surface area contributed by atoms with Crippen molar-refractivity contribution in [3.63, 3.8) is 0 Å². The largest absolute Gasteiger partial charge is 0.296 e. The Hall–Kier alpha value is -2.79. The molecule has 1 N–H and O–H groups in total. The van der Waals surface area contributed by atoms with E-state index in [1.165, 1.54) is 11.3 Å². The van der Waals surface area contributed by atoms with Crippen molar-refractivity contribution < 1.29 is 4.79 Å². The summed E-state index contributed by atoms with van der Waals surface area (Å²) >= 11 is 1.43. The van der Waals surface area contributed by atoms with Crippen LogP contribution in [0.1, 0.15) is 30.0 Å². The van der Waals surface area contributed by atoms with Crippen LogP contribution >= 0.6 is 11.3 Å². The summed E-state index contributed by atoms with van der Waals surface area (Å²) in [4.78, 5) is 12.9. The van der Waals surface area contributed by atoms with Crippen LogP contribution in [-0.4, -0.2) is 16.1 Å². The lowest BCUT2D eigenvalue weighted by Crippen LogP contribution is -2.13. The van der Waals surface area contributed by atoms with Gasteiger partial charge in [0.1, 0.15) is 5.01 Å². The molecular weight excluding hydrogens is 342 g/mol. The second kappa shape index (κ2) is 8.54. The molecule has 0 fully saturated rings. The number of aromatic nitrogens is 2. The van der Waals surface area contributed by atoms with E-state index in [4.69, 9.17) is 0 Å². The molecule has 4 nitrogen and oxygen atoms in total. The Labute approximate surface area is 157 Å². The van der Waals surface area contributed by atoms with Crippen LogP contribution in [0.3, 0.4) is 0 Å². The topological polar surface area (TPSA) is 54.9 Å². The van der Waals surface area contributed by atoms with Crippen LogP contribution in [0.5, 0.6) is 0 Å². The first kappa shape index (κ1) is 18.0. The highest BCUT2D eigenvalue weighted by Crippen LogP contribution is 2.23. The summed E-state index contributed by atoms with van der Waals surface area (Å²) in [6.45, 7) is 4.27. The molecule has 26 heavy (non-hydrogen) atoms. The quantitative estimate of drug-likeness (QED) is 0.500. The Morgan fingerprint density at radius 2 is 1.69 bits per heavy atom. The first-order valence-electron chi connectivity index (χ1n) is 8.57. The fraction of sp³-hybridized carbons (Fsp3) is 0.190. The fourth-order valence-electron chi connectivity index (χ4n) is 2.51. The lowest BCUT2D eigenvalue weighted by Gasteiger charge is -2.08. The SMILES string of the molecule is CC(C)Cc1nnc(NC(=O)C(=Cc2ccccc2)c2ccccc2)s1. The van der Waals surface area contributed by atoms with Gasteiger partial charge in [-0.15, -0.1) is 10.2 Å². The van der Waals surface area contributed by atoms with E-state index in [9.17, 15) is 4.79 Å². The first-order valence-corrected chi connectivity index (χ1v) is 9.39. The van der Waals surface area contributed by atoms with Gasteiger partial charge in [-0.05, 0) is 23.1 Å². The maximum absolute atomic E-state index is 12.9. The van der Waals surface area contributed by atoms with Gasteiger partial charge in [-0.3, -0.25) is 10.1 Å². The molecular formula is C21H21N3OS. The molecule has 3 aromatic rings. The van der Waals surface area contributed by atoms with Crippen molar-refractivity contribution in [3.05, 3.63) is 76.8 Å². The van der Waals surface area contributed by atoms with E-state index < -0.39 is 0 Å². The zero-order valence-electron chi connectivity index (χ0n) is 14.8. The number of amides is 1. The summed E-state index contributed by atoms with van der Waals surface area (Å²) in [5, 5.41) is 12.6. The van der Waals surface area contributed by atoms with Crippen LogP contribution < -0.4 is 5.32 Å². The van der Waals surface area contributed by atoms with Gasteiger partial charge in [0.25, 0.3) is 5.91 Å². The Balaban J connectivity index is 1.86. The van der Waals surface area contributed by atoms with Crippen molar-refractivity contribution in [3.8, 4) is 0 Å². The minimum absolute atomic E-state index is 0.188. The molecule has 0 atom stereocenters. The van der Waals surface area contributed by atoms with E-state index in [-0.39, 0.29) is 5.91 Å². The monoisotopic (exact) mass is 363 g/mol. The van der Waals surface area contributed by atoms with E-state index >= 15 is 0 Å². The van der Waals surface area contributed by atoms with Gasteiger partial charge in [0.2, 0.25) is 5.13 Å². The molecule has 0 unspecified atom stereocenters. The highest BCUT2D eigenvalue weighted by Gasteiger charge is 2.15. The lowest BCUT2D eigenvalue weighted by atomic mass is 10.0. The molecule has 3 rings (SSSR count). The second-order valence-corrected chi connectivity index (χ2v) is 7.45. The molecule has 0 aliphatic heterocycles. The van der Waals surface area contributed by atoms with Crippen molar-refractivity contribution >= 4 is 34.0 Å². The van der Waals surface area contributed by atoms with Crippen molar-refractivity contribution in [1.29, 1.82) is 0 Å². The Morgan fingerprint density at radius 3 is 2.35 bits per heavy atom. The molecule has 0 aliphatic rings. The molecule has 1 aromatic heterocycles. The first-order chi connectivity index (χ1) is 12.6. The maximum atomic E-state index is 12.9. The smallest absolute Gasteiger partial charge is 0.258 e. The highest BCUT2D eigenvalue weighted by atomic mass is 32.1. The van der Waals surface area contributed by atoms with Crippen molar-refractivity contribution in [2.24, 2.45) is 5.92 Å². The molecule has 0 saturated heterocycles. The summed E-state index contributed by atoms with van der Waals surface area (Å²) in [5.41, 5.74) is 2.43. The molecule has 0 spiro atoms. The van der Waals surface area contributed by atoms with Gasteiger partial charge >= 0.3 is 0 Å². The minimum atomic E-state index is -0.188. The van der Waals surface area contributed by atoms with Crippen LogP contribution in [0.25, 0.3) is 11.6 Å². The van der Waals surface area contributed by atoms with E-state index in [1.807, 2.05) is 66.7 Å². The number of carbonyl (C=O) groups is 1. The van der Waals surface area contributed by atoms with Gasteiger partial charge in [-0.25, -0.2) is 0 Å². The zero-order chi connectivity index (χ0) is 18.4. The molecule has 0 saturated carbocycles. The van der Waals surface area contributed by atoms with Crippen LogP contribution in [0.2, 0.25) is 0 Å². The van der Waals surface area contributed by atoms with Crippen molar-refractivity contribution in [2.45, 2.75) is 20.3 Å². The fourth-order valence-corrected chi connectivity index (χ4v) is 3.46. The molecule has 5 heteroatoms. The molecule has 0 radical (unpaired) electrons. The van der Waals surface area contributed by atoms with Gasteiger partial charge in [0.15, 0.2) is 0 Å². The minimum Gasteiger partial charge on any atom is -0.296 e. The van der Waals surface area contributed by atoms with Crippen molar-refractivity contribution in [2.75, 3.05) is 5.32 Å². The number of nitrogens with zero attached hydrogens (tertiary/aromatic N) is 2. The number of nitrogens with one attached hydrogen (secondary N) is 1. The number of hydrogen-bond acceptors (Lipinski definition) is 4. The van der Waals surface area contributed by atoms with Gasteiger partial charge in [-0.1, -0.05) is 85.8 Å². The average Bonchev–Trinajstić information content (AvgIpc) is 3.07. The predicted octanol–water partition coefficient (Wildman–Crippen LogP) is 4.92. The number of carbonyl (C=O) groups excluding carboxylic acids is 1. The average molecular weight is 363 g/mol. The number of anilines is 1. The van der Waals surface area contributed by atoms with E-state index in [0.29, 0.717) is 16.6 Å². The summed E-state index contributed by atoms with van der Waals surface area (Å²) in [6, 6.07) is 19.5. The third-order valence-electron chi connectivity index (χ3n) is 3.71. The molecule has 2 aromatic carbocycles.